The van der Waals surface area contributed by atoms with E-state index in [9.17, 15) is 4.79 Å². The van der Waals surface area contributed by atoms with Crippen molar-refractivity contribution in [3.8, 4) is 0 Å². The molecule has 0 aromatic carbocycles. The molecule has 0 saturated carbocycles. The maximum Gasteiger partial charge on any atom is 0.225 e. The Labute approximate surface area is 81.3 Å². The van der Waals surface area contributed by atoms with Crippen molar-refractivity contribution in [2.24, 2.45) is 11.8 Å². The molecule has 1 fully saturated rings. The topological polar surface area (TPSA) is 20.3 Å². The van der Waals surface area contributed by atoms with Gasteiger partial charge in [0, 0.05) is 18.5 Å². The highest BCUT2D eigenvalue weighted by molar-refractivity contribution is 5.78. The van der Waals surface area contributed by atoms with E-state index < -0.39 is 0 Å². The Morgan fingerprint density at radius 3 is 2.62 bits per heavy atom. The van der Waals surface area contributed by atoms with Gasteiger partial charge in [-0.3, -0.25) is 4.79 Å². The Bertz CT molecular complexity index is 189. The van der Waals surface area contributed by atoms with Crippen molar-refractivity contribution >= 4 is 5.91 Å². The number of rotatable bonds is 2. The lowest BCUT2D eigenvalue weighted by molar-refractivity contribution is -0.135. The lowest BCUT2D eigenvalue weighted by Gasteiger charge is -2.27. The summed E-state index contributed by atoms with van der Waals surface area (Å²) in [5.74, 6) is 1.17. The number of hydrogen-bond donors (Lipinski definition) is 0. The highest BCUT2D eigenvalue weighted by Gasteiger charge is 2.33. The summed E-state index contributed by atoms with van der Waals surface area (Å²) in [5, 5.41) is 0. The highest BCUT2D eigenvalue weighted by atomic mass is 16.2. The maximum absolute atomic E-state index is 11.8. The minimum absolute atomic E-state index is 0.152. The van der Waals surface area contributed by atoms with Gasteiger partial charge >= 0.3 is 0 Å². The largest absolute Gasteiger partial charge is 0.339 e. The zero-order valence-electron chi connectivity index (χ0n) is 9.21. The Hall–Kier alpha value is -0.530. The molecule has 0 aromatic rings. The van der Waals surface area contributed by atoms with E-state index in [-0.39, 0.29) is 5.92 Å². The van der Waals surface area contributed by atoms with Crippen LogP contribution in [0.1, 0.15) is 40.5 Å². The second kappa shape index (κ2) is 4.12. The normalized spacial score (nSPS) is 28.5. The molecule has 0 aromatic heterocycles. The predicted molar refractivity (Wildman–Crippen MR) is 54.4 cm³/mol. The number of amides is 1. The minimum Gasteiger partial charge on any atom is -0.339 e. The molecule has 1 aliphatic heterocycles. The van der Waals surface area contributed by atoms with Crippen molar-refractivity contribution in [1.29, 1.82) is 0 Å². The minimum atomic E-state index is 0.152. The van der Waals surface area contributed by atoms with E-state index in [1.807, 2.05) is 13.8 Å². The van der Waals surface area contributed by atoms with Crippen LogP contribution < -0.4 is 0 Å². The van der Waals surface area contributed by atoms with E-state index >= 15 is 0 Å². The van der Waals surface area contributed by atoms with Gasteiger partial charge in [0.05, 0.1) is 0 Å². The Morgan fingerprint density at radius 1 is 1.54 bits per heavy atom. The smallest absolute Gasteiger partial charge is 0.225 e. The molecule has 0 spiro atoms. The zero-order valence-corrected chi connectivity index (χ0v) is 9.21. The maximum atomic E-state index is 11.8. The summed E-state index contributed by atoms with van der Waals surface area (Å²) >= 11 is 0. The number of likely N-dealkylation sites (tertiary alicyclic amines) is 1. The van der Waals surface area contributed by atoms with Crippen LogP contribution in [0.4, 0.5) is 0 Å². The molecule has 76 valence electrons. The van der Waals surface area contributed by atoms with Crippen LogP contribution in [0.3, 0.4) is 0 Å². The van der Waals surface area contributed by atoms with Crippen LogP contribution in [0.2, 0.25) is 0 Å². The van der Waals surface area contributed by atoms with Gasteiger partial charge in [-0.25, -0.2) is 0 Å². The molecule has 0 aliphatic carbocycles. The molecule has 1 amide bonds. The molecular formula is C11H21NO. The molecule has 2 heteroatoms. The number of carbonyl (C=O) groups is 1. The monoisotopic (exact) mass is 183 g/mol. The Balaban J connectivity index is 2.65. The first-order valence-corrected chi connectivity index (χ1v) is 5.38. The molecule has 0 N–H and O–H groups in total. The van der Waals surface area contributed by atoms with Crippen LogP contribution in [0.15, 0.2) is 0 Å². The van der Waals surface area contributed by atoms with E-state index in [0.29, 0.717) is 17.9 Å². The summed E-state index contributed by atoms with van der Waals surface area (Å²) in [6.45, 7) is 9.36. The van der Waals surface area contributed by atoms with Gasteiger partial charge in [0.2, 0.25) is 5.91 Å². The summed E-state index contributed by atoms with van der Waals surface area (Å²) in [7, 11) is 0. The molecule has 2 atom stereocenters. The van der Waals surface area contributed by atoms with Gasteiger partial charge in [0.1, 0.15) is 0 Å². The summed E-state index contributed by atoms with van der Waals surface area (Å²) in [4.78, 5) is 13.9. The van der Waals surface area contributed by atoms with Gasteiger partial charge in [-0.1, -0.05) is 27.7 Å². The first-order valence-electron chi connectivity index (χ1n) is 5.38. The lowest BCUT2D eigenvalue weighted by Crippen LogP contribution is -2.39. The van der Waals surface area contributed by atoms with Gasteiger partial charge in [-0.05, 0) is 18.8 Å². The van der Waals surface area contributed by atoms with E-state index in [0.717, 1.165) is 13.0 Å². The van der Waals surface area contributed by atoms with Crippen molar-refractivity contribution in [3.63, 3.8) is 0 Å². The predicted octanol–water partition coefficient (Wildman–Crippen LogP) is 2.29. The van der Waals surface area contributed by atoms with Crippen molar-refractivity contribution in [2.45, 2.75) is 46.6 Å². The molecule has 1 saturated heterocycles. The molecule has 1 rings (SSSR count). The third kappa shape index (κ3) is 2.04. The molecule has 1 heterocycles. The molecule has 0 bridgehead atoms. The quantitative estimate of drug-likeness (QED) is 0.643. The third-order valence-electron chi connectivity index (χ3n) is 3.08. The number of nitrogens with zero attached hydrogens (tertiary/aromatic N) is 1. The third-order valence-corrected chi connectivity index (χ3v) is 3.08. The average Bonchev–Trinajstić information content (AvgIpc) is 2.45. The van der Waals surface area contributed by atoms with Crippen molar-refractivity contribution in [2.75, 3.05) is 6.54 Å². The average molecular weight is 183 g/mol. The van der Waals surface area contributed by atoms with Crippen LogP contribution in [-0.4, -0.2) is 23.4 Å². The fourth-order valence-corrected chi connectivity index (χ4v) is 2.24. The van der Waals surface area contributed by atoms with Crippen LogP contribution >= 0.6 is 0 Å². The van der Waals surface area contributed by atoms with Crippen molar-refractivity contribution in [3.05, 3.63) is 0 Å². The summed E-state index contributed by atoms with van der Waals surface area (Å²) < 4.78 is 0. The van der Waals surface area contributed by atoms with Crippen LogP contribution in [0.5, 0.6) is 0 Å². The zero-order chi connectivity index (χ0) is 10.0. The summed E-state index contributed by atoms with van der Waals surface area (Å²) in [6.07, 6.45) is 2.27. The molecule has 2 nitrogen and oxygen atoms in total. The standard InChI is InChI=1S/C11H21NO/c1-5-10-9(4)6-7-12(10)11(13)8(2)3/h8-10H,5-7H2,1-4H3. The molecule has 1 aliphatic rings. The van der Waals surface area contributed by atoms with Crippen molar-refractivity contribution < 1.29 is 4.79 Å². The SMILES string of the molecule is CCC1C(C)CCN1C(=O)C(C)C. The van der Waals surface area contributed by atoms with Crippen LogP contribution in [0, 0.1) is 11.8 Å². The lowest BCUT2D eigenvalue weighted by atomic mass is 10.0. The van der Waals surface area contributed by atoms with E-state index in [2.05, 4.69) is 18.7 Å². The van der Waals surface area contributed by atoms with E-state index in [1.165, 1.54) is 6.42 Å². The number of carbonyl (C=O) groups excluding carboxylic acids is 1. The van der Waals surface area contributed by atoms with Crippen LogP contribution in [-0.2, 0) is 4.79 Å². The van der Waals surface area contributed by atoms with Gasteiger partial charge in [0.25, 0.3) is 0 Å². The van der Waals surface area contributed by atoms with E-state index in [4.69, 9.17) is 0 Å². The summed E-state index contributed by atoms with van der Waals surface area (Å²) in [6, 6.07) is 0.495. The molecule has 13 heavy (non-hydrogen) atoms. The van der Waals surface area contributed by atoms with Gasteiger partial charge < -0.3 is 4.90 Å². The molecule has 0 radical (unpaired) electrons. The number of hydrogen-bond acceptors (Lipinski definition) is 1. The summed E-state index contributed by atoms with van der Waals surface area (Å²) in [5.41, 5.74) is 0. The fourth-order valence-electron chi connectivity index (χ4n) is 2.24. The first-order chi connectivity index (χ1) is 6.07. The molecule has 2 unspecified atom stereocenters. The second-order valence-electron chi connectivity index (χ2n) is 4.43. The van der Waals surface area contributed by atoms with Gasteiger partial charge in [-0.15, -0.1) is 0 Å². The van der Waals surface area contributed by atoms with E-state index in [1.54, 1.807) is 0 Å². The fraction of sp³-hybridized carbons (Fsp3) is 0.909. The highest BCUT2D eigenvalue weighted by Crippen LogP contribution is 2.27. The Kier molecular flexibility index (Phi) is 3.34. The van der Waals surface area contributed by atoms with Gasteiger partial charge in [0.15, 0.2) is 0 Å². The Morgan fingerprint density at radius 2 is 2.15 bits per heavy atom. The second-order valence-corrected chi connectivity index (χ2v) is 4.43. The molecular weight excluding hydrogens is 162 g/mol. The van der Waals surface area contributed by atoms with Gasteiger partial charge in [-0.2, -0.15) is 0 Å². The van der Waals surface area contributed by atoms with Crippen LogP contribution in [0.25, 0.3) is 0 Å². The van der Waals surface area contributed by atoms with Crippen molar-refractivity contribution in [1.82, 2.24) is 4.90 Å². The first kappa shape index (κ1) is 10.6.